The Morgan fingerprint density at radius 1 is 1.14 bits per heavy atom. The van der Waals surface area contributed by atoms with E-state index < -0.39 is 0 Å². The molecule has 3 amide bonds. The van der Waals surface area contributed by atoms with Gasteiger partial charge in [-0.15, -0.1) is 0 Å². The zero-order valence-corrected chi connectivity index (χ0v) is 17.5. The van der Waals surface area contributed by atoms with Crippen molar-refractivity contribution < 1.29 is 18.8 Å². The predicted octanol–water partition coefficient (Wildman–Crippen LogP) is 1.76. The number of fused-ring (bicyclic) bond motifs is 1. The van der Waals surface area contributed by atoms with Crippen LogP contribution >= 0.6 is 0 Å². The van der Waals surface area contributed by atoms with E-state index in [4.69, 9.17) is 4.42 Å². The molecule has 1 aromatic heterocycles. The highest BCUT2D eigenvalue weighted by Gasteiger charge is 2.50. The largest absolute Gasteiger partial charge is 0.436 e. The first-order valence-electron chi connectivity index (χ1n) is 10.7. The van der Waals surface area contributed by atoms with Gasteiger partial charge in [0, 0.05) is 32.6 Å². The minimum atomic E-state index is -0.296. The number of aromatic nitrogens is 1. The van der Waals surface area contributed by atoms with Crippen LogP contribution in [0.2, 0.25) is 0 Å². The summed E-state index contributed by atoms with van der Waals surface area (Å²) in [4.78, 5) is 48.7. The SMILES string of the molecule is CC[C@@H]1[C@H](C(=O)N2CCCCC2)C[C@@H]2CN(C(=O)c3oc(C)nc3C)CC(=O)N21. The number of carbonyl (C=O) groups is 3. The molecule has 3 fully saturated rings. The number of oxazole rings is 1. The van der Waals surface area contributed by atoms with Crippen LogP contribution in [-0.4, -0.2) is 75.7 Å². The highest BCUT2D eigenvalue weighted by atomic mass is 16.4. The van der Waals surface area contributed by atoms with Gasteiger partial charge in [0.2, 0.25) is 17.6 Å². The standard InChI is InChI=1S/C21H30N4O4/c1-4-17-16(20(27)23-8-6-5-7-9-23)10-15-11-24(12-18(26)25(15)17)21(28)19-13(2)22-14(3)29-19/h15-17H,4-12H2,1-3H3/t15-,16-,17-/m1/s1. The summed E-state index contributed by atoms with van der Waals surface area (Å²) in [7, 11) is 0. The van der Waals surface area contributed by atoms with Crippen LogP contribution in [0.4, 0.5) is 0 Å². The molecule has 8 heteroatoms. The van der Waals surface area contributed by atoms with Crippen molar-refractivity contribution in [1.29, 1.82) is 0 Å². The molecule has 3 aliphatic heterocycles. The number of hydrogen-bond donors (Lipinski definition) is 0. The van der Waals surface area contributed by atoms with Crippen LogP contribution in [0.3, 0.4) is 0 Å². The molecule has 3 atom stereocenters. The van der Waals surface area contributed by atoms with Gasteiger partial charge in [0.05, 0.1) is 17.7 Å². The van der Waals surface area contributed by atoms with Crippen LogP contribution in [0.1, 0.15) is 61.2 Å². The van der Waals surface area contributed by atoms with Crippen molar-refractivity contribution in [2.75, 3.05) is 26.2 Å². The van der Waals surface area contributed by atoms with Gasteiger partial charge in [-0.1, -0.05) is 6.92 Å². The smallest absolute Gasteiger partial charge is 0.292 e. The topological polar surface area (TPSA) is 87.0 Å². The molecule has 158 valence electrons. The van der Waals surface area contributed by atoms with Gasteiger partial charge in [0.15, 0.2) is 5.89 Å². The van der Waals surface area contributed by atoms with Crippen LogP contribution in [0.15, 0.2) is 4.42 Å². The van der Waals surface area contributed by atoms with Crippen LogP contribution in [0, 0.1) is 19.8 Å². The highest BCUT2D eigenvalue weighted by Crippen LogP contribution is 2.36. The Hall–Kier alpha value is -2.38. The van der Waals surface area contributed by atoms with Crippen molar-refractivity contribution in [2.45, 2.75) is 65.0 Å². The van der Waals surface area contributed by atoms with Crippen LogP contribution < -0.4 is 0 Å². The molecule has 0 bridgehead atoms. The second-order valence-electron chi connectivity index (χ2n) is 8.49. The molecule has 3 aliphatic rings. The zero-order chi connectivity index (χ0) is 20.7. The molecule has 4 heterocycles. The van der Waals surface area contributed by atoms with Crippen molar-refractivity contribution in [3.8, 4) is 0 Å². The van der Waals surface area contributed by atoms with Crippen molar-refractivity contribution >= 4 is 17.7 Å². The van der Waals surface area contributed by atoms with E-state index in [9.17, 15) is 14.4 Å². The van der Waals surface area contributed by atoms with Crippen molar-refractivity contribution in [3.05, 3.63) is 17.3 Å². The lowest BCUT2D eigenvalue weighted by molar-refractivity contribution is -0.141. The summed E-state index contributed by atoms with van der Waals surface area (Å²) in [6.45, 7) is 7.57. The molecule has 0 aliphatic carbocycles. The molecule has 0 spiro atoms. The molecule has 0 unspecified atom stereocenters. The van der Waals surface area contributed by atoms with Crippen molar-refractivity contribution in [1.82, 2.24) is 19.7 Å². The van der Waals surface area contributed by atoms with Gasteiger partial charge >= 0.3 is 0 Å². The molecule has 1 aromatic rings. The van der Waals surface area contributed by atoms with E-state index in [-0.39, 0.29) is 48.0 Å². The third-order valence-electron chi connectivity index (χ3n) is 6.57. The molecule has 0 radical (unpaired) electrons. The number of nitrogens with zero attached hydrogens (tertiary/aromatic N) is 4. The average molecular weight is 402 g/mol. The summed E-state index contributed by atoms with van der Waals surface area (Å²) in [5.74, 6) is 0.276. The summed E-state index contributed by atoms with van der Waals surface area (Å²) in [6.07, 6.45) is 4.66. The van der Waals surface area contributed by atoms with Gasteiger partial charge in [-0.05, 0) is 39.0 Å². The van der Waals surface area contributed by atoms with Gasteiger partial charge in [0.1, 0.15) is 6.54 Å². The minimum Gasteiger partial charge on any atom is -0.436 e. The number of likely N-dealkylation sites (tertiary alicyclic amines) is 1. The molecule has 0 N–H and O–H groups in total. The Morgan fingerprint density at radius 2 is 1.86 bits per heavy atom. The average Bonchev–Trinajstić information content (AvgIpc) is 3.26. The molecule has 4 rings (SSSR count). The number of aryl methyl sites for hydroxylation is 2. The van der Waals surface area contributed by atoms with E-state index >= 15 is 0 Å². The third-order valence-corrected chi connectivity index (χ3v) is 6.57. The summed E-state index contributed by atoms with van der Waals surface area (Å²) < 4.78 is 5.47. The van der Waals surface area contributed by atoms with Gasteiger partial charge in [-0.3, -0.25) is 14.4 Å². The predicted molar refractivity (Wildman–Crippen MR) is 105 cm³/mol. The summed E-state index contributed by atoms with van der Waals surface area (Å²) in [6, 6.07) is -0.193. The molecular weight excluding hydrogens is 372 g/mol. The molecular formula is C21H30N4O4. The summed E-state index contributed by atoms with van der Waals surface area (Å²) >= 11 is 0. The number of rotatable bonds is 3. The fraction of sp³-hybridized carbons (Fsp3) is 0.714. The van der Waals surface area contributed by atoms with E-state index in [1.165, 1.54) is 6.42 Å². The normalized spacial score (nSPS) is 27.3. The van der Waals surface area contributed by atoms with E-state index in [0.29, 0.717) is 24.6 Å². The van der Waals surface area contributed by atoms with Gasteiger partial charge in [0.25, 0.3) is 5.91 Å². The molecule has 0 aromatic carbocycles. The Kier molecular flexibility index (Phi) is 5.36. The Bertz CT molecular complexity index is 814. The molecule has 8 nitrogen and oxygen atoms in total. The Balaban J connectivity index is 1.52. The van der Waals surface area contributed by atoms with E-state index in [2.05, 4.69) is 4.98 Å². The quantitative estimate of drug-likeness (QED) is 0.769. The molecule has 3 saturated heterocycles. The first kappa shape index (κ1) is 19.9. The van der Waals surface area contributed by atoms with Crippen molar-refractivity contribution in [3.63, 3.8) is 0 Å². The maximum atomic E-state index is 13.2. The number of carbonyl (C=O) groups excluding carboxylic acids is 3. The Morgan fingerprint density at radius 3 is 2.48 bits per heavy atom. The first-order valence-corrected chi connectivity index (χ1v) is 10.7. The van der Waals surface area contributed by atoms with Crippen LogP contribution in [-0.2, 0) is 9.59 Å². The lowest BCUT2D eigenvalue weighted by Gasteiger charge is -2.39. The van der Waals surface area contributed by atoms with Crippen LogP contribution in [0.5, 0.6) is 0 Å². The Labute approximate surface area is 171 Å². The van der Waals surface area contributed by atoms with E-state index in [0.717, 1.165) is 32.4 Å². The van der Waals surface area contributed by atoms with Crippen molar-refractivity contribution in [2.24, 2.45) is 5.92 Å². The van der Waals surface area contributed by atoms with E-state index in [1.807, 2.05) is 16.7 Å². The summed E-state index contributed by atoms with van der Waals surface area (Å²) in [5.41, 5.74) is 0.540. The maximum absolute atomic E-state index is 13.2. The lowest BCUT2D eigenvalue weighted by Crippen LogP contribution is -2.57. The first-order chi connectivity index (χ1) is 13.9. The summed E-state index contributed by atoms with van der Waals surface area (Å²) in [5, 5.41) is 0. The van der Waals surface area contributed by atoms with Gasteiger partial charge < -0.3 is 19.1 Å². The maximum Gasteiger partial charge on any atom is 0.292 e. The minimum absolute atomic E-state index is 0.0235. The molecule has 0 saturated carbocycles. The number of hydrogen-bond acceptors (Lipinski definition) is 5. The second kappa shape index (κ2) is 7.80. The van der Waals surface area contributed by atoms with Crippen LogP contribution in [0.25, 0.3) is 0 Å². The van der Waals surface area contributed by atoms with Gasteiger partial charge in [-0.25, -0.2) is 4.98 Å². The number of piperazine rings is 1. The fourth-order valence-electron chi connectivity index (χ4n) is 5.27. The fourth-order valence-corrected chi connectivity index (χ4v) is 5.27. The monoisotopic (exact) mass is 402 g/mol. The zero-order valence-electron chi connectivity index (χ0n) is 17.5. The lowest BCUT2D eigenvalue weighted by atomic mass is 9.94. The second-order valence-corrected chi connectivity index (χ2v) is 8.49. The molecule has 29 heavy (non-hydrogen) atoms. The van der Waals surface area contributed by atoms with Gasteiger partial charge in [-0.2, -0.15) is 0 Å². The third kappa shape index (κ3) is 3.53. The van der Waals surface area contributed by atoms with E-state index in [1.54, 1.807) is 18.7 Å². The number of amides is 3. The highest BCUT2D eigenvalue weighted by molar-refractivity contribution is 5.96. The number of piperidine rings is 1.